The third-order valence-corrected chi connectivity index (χ3v) is 5.28. The molecule has 0 aliphatic rings. The van der Waals surface area contributed by atoms with E-state index in [2.05, 4.69) is 20.9 Å². The number of thiazole rings is 1. The number of carbonyl (C=O) groups excluding carboxylic acids is 1. The van der Waals surface area contributed by atoms with Gasteiger partial charge >= 0.3 is 0 Å². The van der Waals surface area contributed by atoms with Gasteiger partial charge < -0.3 is 0 Å². The predicted molar refractivity (Wildman–Crippen MR) is 81.8 cm³/mol. The maximum Gasteiger partial charge on any atom is 0.195 e. The van der Waals surface area contributed by atoms with E-state index in [1.54, 1.807) is 10.6 Å². The molecular formula is C13H8BrClN2OS. The summed E-state index contributed by atoms with van der Waals surface area (Å²) in [6, 6.07) is 5.52. The van der Waals surface area contributed by atoms with Crippen LogP contribution in [0.4, 0.5) is 0 Å². The number of aldehydes is 1. The molecule has 2 aromatic heterocycles. The van der Waals surface area contributed by atoms with E-state index in [4.69, 9.17) is 11.6 Å². The van der Waals surface area contributed by atoms with Crippen molar-refractivity contribution in [2.75, 3.05) is 0 Å². The third-order valence-electron chi connectivity index (χ3n) is 2.85. The molecule has 0 bridgehead atoms. The molecule has 0 unspecified atom stereocenters. The number of halogens is 2. The summed E-state index contributed by atoms with van der Waals surface area (Å²) in [6.45, 7) is 1.99. The first kappa shape index (κ1) is 12.8. The summed E-state index contributed by atoms with van der Waals surface area (Å²) < 4.78 is 3.55. The Bertz CT molecular complexity index is 793. The van der Waals surface area contributed by atoms with Crippen molar-refractivity contribution in [3.8, 4) is 5.13 Å². The highest BCUT2D eigenvalue weighted by atomic mass is 79.9. The van der Waals surface area contributed by atoms with Gasteiger partial charge in [-0.1, -0.05) is 22.9 Å². The van der Waals surface area contributed by atoms with Crippen molar-refractivity contribution in [2.24, 2.45) is 0 Å². The first-order valence-corrected chi connectivity index (χ1v) is 7.48. The number of carbonyl (C=O) groups is 1. The van der Waals surface area contributed by atoms with Crippen LogP contribution >= 0.6 is 38.9 Å². The topological polar surface area (TPSA) is 34.9 Å². The summed E-state index contributed by atoms with van der Waals surface area (Å²) in [5.74, 6) is 0. The molecule has 3 rings (SSSR count). The standard InChI is InChI=1S/C13H8BrClN2OS/c1-7-5-9(14)10(15)12-11(7)16-13(19-12)17-4-2-3-8(17)6-18/h2-6H,1H3. The van der Waals surface area contributed by atoms with Gasteiger partial charge in [-0.05, 0) is 46.6 Å². The number of rotatable bonds is 2. The summed E-state index contributed by atoms with van der Waals surface area (Å²) in [5, 5.41) is 1.40. The van der Waals surface area contributed by atoms with E-state index < -0.39 is 0 Å². The lowest BCUT2D eigenvalue weighted by atomic mass is 10.2. The van der Waals surface area contributed by atoms with Crippen LogP contribution in [0.25, 0.3) is 15.3 Å². The molecule has 0 amide bonds. The van der Waals surface area contributed by atoms with Crippen LogP contribution in [0.2, 0.25) is 5.02 Å². The van der Waals surface area contributed by atoms with Crippen LogP contribution in [-0.2, 0) is 0 Å². The monoisotopic (exact) mass is 354 g/mol. The molecule has 0 aliphatic carbocycles. The van der Waals surface area contributed by atoms with E-state index in [1.807, 2.05) is 25.3 Å². The van der Waals surface area contributed by atoms with Crippen molar-refractivity contribution < 1.29 is 4.79 Å². The summed E-state index contributed by atoms with van der Waals surface area (Å²) in [5.41, 5.74) is 2.50. The fraction of sp³-hybridized carbons (Fsp3) is 0.0769. The highest BCUT2D eigenvalue weighted by molar-refractivity contribution is 9.10. The summed E-state index contributed by atoms with van der Waals surface area (Å²) in [7, 11) is 0. The maximum absolute atomic E-state index is 11.0. The molecule has 0 aliphatic heterocycles. The second-order valence-corrected chi connectivity index (χ2v) is 6.29. The van der Waals surface area contributed by atoms with Crippen molar-refractivity contribution >= 4 is 55.4 Å². The van der Waals surface area contributed by atoms with Gasteiger partial charge in [0, 0.05) is 10.7 Å². The Morgan fingerprint density at radius 1 is 1.53 bits per heavy atom. The number of fused-ring (bicyclic) bond motifs is 1. The second kappa shape index (κ2) is 4.74. The van der Waals surface area contributed by atoms with Gasteiger partial charge in [-0.15, -0.1) is 0 Å². The predicted octanol–water partition coefficient (Wildman–Crippen LogP) is 4.62. The van der Waals surface area contributed by atoms with Crippen molar-refractivity contribution in [3.63, 3.8) is 0 Å². The quantitative estimate of drug-likeness (QED) is 0.628. The number of nitrogens with zero attached hydrogens (tertiary/aromatic N) is 2. The van der Waals surface area contributed by atoms with Gasteiger partial charge in [-0.25, -0.2) is 4.98 Å². The van der Waals surface area contributed by atoms with Gasteiger partial charge in [-0.2, -0.15) is 0 Å². The zero-order valence-corrected chi connectivity index (χ0v) is 13.0. The minimum absolute atomic E-state index is 0.576. The average molecular weight is 356 g/mol. The lowest BCUT2D eigenvalue weighted by Gasteiger charge is -1.99. The van der Waals surface area contributed by atoms with E-state index in [0.29, 0.717) is 10.7 Å². The zero-order valence-electron chi connectivity index (χ0n) is 9.85. The van der Waals surface area contributed by atoms with Crippen molar-refractivity contribution in [2.45, 2.75) is 6.92 Å². The minimum atomic E-state index is 0.576. The minimum Gasteiger partial charge on any atom is -0.296 e. The first-order chi connectivity index (χ1) is 9.11. The van der Waals surface area contributed by atoms with Crippen molar-refractivity contribution in [3.05, 3.63) is 45.1 Å². The Hall–Kier alpha value is -1.17. The third kappa shape index (κ3) is 2.02. The van der Waals surface area contributed by atoms with E-state index in [9.17, 15) is 4.79 Å². The molecule has 19 heavy (non-hydrogen) atoms. The Balaban J connectivity index is 2.31. The van der Waals surface area contributed by atoms with Crippen LogP contribution in [-0.4, -0.2) is 15.8 Å². The number of hydrogen-bond acceptors (Lipinski definition) is 3. The smallest absolute Gasteiger partial charge is 0.195 e. The van der Waals surface area contributed by atoms with Crippen LogP contribution in [0, 0.1) is 6.92 Å². The molecule has 2 heterocycles. The largest absolute Gasteiger partial charge is 0.296 e. The van der Waals surface area contributed by atoms with E-state index >= 15 is 0 Å². The van der Waals surface area contributed by atoms with Crippen LogP contribution in [0.3, 0.4) is 0 Å². The molecular weight excluding hydrogens is 348 g/mol. The van der Waals surface area contributed by atoms with Gasteiger partial charge in [0.25, 0.3) is 0 Å². The molecule has 3 nitrogen and oxygen atoms in total. The van der Waals surface area contributed by atoms with Gasteiger partial charge in [0.15, 0.2) is 11.4 Å². The molecule has 0 fully saturated rings. The van der Waals surface area contributed by atoms with Crippen LogP contribution < -0.4 is 0 Å². The Morgan fingerprint density at radius 3 is 3.05 bits per heavy atom. The van der Waals surface area contributed by atoms with Crippen LogP contribution in [0.1, 0.15) is 16.1 Å². The van der Waals surface area contributed by atoms with E-state index in [1.165, 1.54) is 11.3 Å². The van der Waals surface area contributed by atoms with Gasteiger partial charge in [0.1, 0.15) is 0 Å². The van der Waals surface area contributed by atoms with Crippen LogP contribution in [0.15, 0.2) is 28.9 Å². The fourth-order valence-electron chi connectivity index (χ4n) is 1.92. The SMILES string of the molecule is Cc1cc(Br)c(Cl)c2sc(-n3cccc3C=O)nc12. The zero-order chi connectivity index (χ0) is 13.6. The Kier molecular flexibility index (Phi) is 3.20. The number of benzene rings is 1. The number of hydrogen-bond donors (Lipinski definition) is 0. The maximum atomic E-state index is 11.0. The Labute approximate surface area is 127 Å². The molecule has 3 aromatic rings. The van der Waals surface area contributed by atoms with E-state index in [0.717, 1.165) is 31.7 Å². The molecule has 6 heteroatoms. The van der Waals surface area contributed by atoms with Crippen molar-refractivity contribution in [1.29, 1.82) is 0 Å². The van der Waals surface area contributed by atoms with Gasteiger partial charge in [-0.3, -0.25) is 9.36 Å². The van der Waals surface area contributed by atoms with Gasteiger partial charge in [0.2, 0.25) is 0 Å². The molecule has 0 saturated heterocycles. The summed E-state index contributed by atoms with van der Waals surface area (Å²) in [6.07, 6.45) is 2.64. The van der Waals surface area contributed by atoms with Crippen LogP contribution in [0.5, 0.6) is 0 Å². The fourth-order valence-corrected chi connectivity index (χ4v) is 3.94. The number of aromatic nitrogens is 2. The molecule has 0 spiro atoms. The molecule has 1 aromatic carbocycles. The molecule has 0 N–H and O–H groups in total. The van der Waals surface area contributed by atoms with E-state index in [-0.39, 0.29) is 0 Å². The molecule has 0 atom stereocenters. The Morgan fingerprint density at radius 2 is 2.32 bits per heavy atom. The second-order valence-electron chi connectivity index (χ2n) is 4.08. The molecule has 96 valence electrons. The van der Waals surface area contributed by atoms with Gasteiger partial charge in [0.05, 0.1) is 20.9 Å². The van der Waals surface area contributed by atoms with Crippen molar-refractivity contribution in [1.82, 2.24) is 9.55 Å². The molecule has 0 saturated carbocycles. The number of aryl methyl sites for hydroxylation is 1. The lowest BCUT2D eigenvalue weighted by Crippen LogP contribution is -1.96. The normalized spacial score (nSPS) is 11.1. The lowest BCUT2D eigenvalue weighted by molar-refractivity contribution is 0.111. The first-order valence-electron chi connectivity index (χ1n) is 5.50. The summed E-state index contributed by atoms with van der Waals surface area (Å²) in [4.78, 5) is 15.6. The highest BCUT2D eigenvalue weighted by Crippen LogP contribution is 2.38. The average Bonchev–Trinajstić information content (AvgIpc) is 3.01. The summed E-state index contributed by atoms with van der Waals surface area (Å²) >= 11 is 11.2. The molecule has 0 radical (unpaired) electrons. The highest BCUT2D eigenvalue weighted by Gasteiger charge is 2.14.